The van der Waals surface area contributed by atoms with Crippen LogP contribution in [0.3, 0.4) is 0 Å². The smallest absolute Gasteiger partial charge is 0.310 e. The molecule has 1 rings (SSSR count). The summed E-state index contributed by atoms with van der Waals surface area (Å²) in [5, 5.41) is 2.34. The summed E-state index contributed by atoms with van der Waals surface area (Å²) in [6.45, 7) is 0.788. The molecule has 1 aromatic rings. The van der Waals surface area contributed by atoms with Crippen molar-refractivity contribution in [1.82, 2.24) is 5.32 Å². The molecule has 8 heteroatoms. The number of alkyl halides is 6. The monoisotopic (exact) mass is 303 g/mol. The van der Waals surface area contributed by atoms with Crippen LogP contribution in [-0.4, -0.2) is 12.2 Å². The maximum atomic E-state index is 12.8. The molecule has 1 N–H and O–H groups in total. The van der Waals surface area contributed by atoms with E-state index in [1.165, 1.54) is 6.92 Å². The van der Waals surface area contributed by atoms with E-state index < -0.39 is 42.7 Å². The highest BCUT2D eigenvalue weighted by Gasteiger charge is 2.34. The van der Waals surface area contributed by atoms with E-state index in [2.05, 4.69) is 5.32 Å². The first kappa shape index (κ1) is 16.7. The Morgan fingerprint density at radius 1 is 1.10 bits per heavy atom. The summed E-state index contributed by atoms with van der Waals surface area (Å²) in [6, 6.07) is 1.03. The topological polar surface area (TPSA) is 12.0 Å². The highest BCUT2D eigenvalue weighted by molar-refractivity contribution is 5.30. The maximum Gasteiger partial charge on any atom is 0.416 e. The van der Waals surface area contributed by atoms with Crippen LogP contribution in [0.1, 0.15) is 24.5 Å². The van der Waals surface area contributed by atoms with Crippen LogP contribution in [0.15, 0.2) is 18.2 Å². The van der Waals surface area contributed by atoms with Crippen molar-refractivity contribution >= 4 is 0 Å². The summed E-state index contributed by atoms with van der Waals surface area (Å²) in [6.07, 6.45) is -10.3. The molecule has 0 bridgehead atoms. The zero-order valence-electron chi connectivity index (χ0n) is 10.4. The Morgan fingerprint density at radius 3 is 2.20 bits per heavy atom. The Morgan fingerprint density at radius 2 is 1.70 bits per heavy atom. The van der Waals surface area contributed by atoms with Crippen LogP contribution >= 0.6 is 0 Å². The van der Waals surface area contributed by atoms with Gasteiger partial charge in [0.25, 0.3) is 0 Å². The molecule has 0 aromatic heterocycles. The van der Waals surface area contributed by atoms with Crippen LogP contribution in [0.5, 0.6) is 0 Å². The summed E-state index contributed by atoms with van der Waals surface area (Å²) in [7, 11) is 0. The van der Waals surface area contributed by atoms with E-state index in [1.54, 1.807) is 0 Å². The fourth-order valence-corrected chi connectivity index (χ4v) is 1.67. The number of hydrogen-bond donors (Lipinski definition) is 1. The second-order valence-corrected chi connectivity index (χ2v) is 4.40. The summed E-state index contributed by atoms with van der Waals surface area (Å²) >= 11 is 0. The largest absolute Gasteiger partial charge is 0.416 e. The van der Waals surface area contributed by atoms with Gasteiger partial charge >= 0.3 is 12.4 Å². The highest BCUT2D eigenvalue weighted by atomic mass is 19.4. The molecular weight excluding hydrogens is 291 g/mol. The molecule has 0 saturated heterocycles. The number of rotatable bonds is 4. The van der Waals surface area contributed by atoms with Crippen LogP contribution in [0, 0.1) is 5.82 Å². The van der Waals surface area contributed by atoms with Gasteiger partial charge in [0.2, 0.25) is 0 Å². The second-order valence-electron chi connectivity index (χ2n) is 4.40. The zero-order valence-corrected chi connectivity index (χ0v) is 10.4. The normalized spacial score (nSPS) is 14.4. The molecule has 0 amide bonds. The van der Waals surface area contributed by atoms with Crippen molar-refractivity contribution in [3.05, 3.63) is 35.1 Å². The average molecular weight is 303 g/mol. The van der Waals surface area contributed by atoms with Crippen LogP contribution < -0.4 is 5.32 Å². The fraction of sp³-hybridized carbons (Fsp3) is 0.500. The van der Waals surface area contributed by atoms with Crippen LogP contribution in [0.25, 0.3) is 0 Å². The van der Waals surface area contributed by atoms with Gasteiger partial charge < -0.3 is 5.32 Å². The third-order valence-electron chi connectivity index (χ3n) is 2.56. The first-order chi connectivity index (χ1) is 8.99. The summed E-state index contributed by atoms with van der Waals surface area (Å²) < 4.78 is 87.0. The lowest BCUT2D eigenvalue weighted by Crippen LogP contribution is -2.31. The first-order valence-electron chi connectivity index (χ1n) is 5.65. The highest BCUT2D eigenvalue weighted by Crippen LogP contribution is 2.32. The van der Waals surface area contributed by atoms with Crippen molar-refractivity contribution in [3.63, 3.8) is 0 Å². The molecule has 0 aliphatic carbocycles. The minimum absolute atomic E-state index is 0.298. The standard InChI is InChI=1S/C12H12F7N/c1-7(5-11(14,15)16)20-6-8-2-3-9(13)4-10(8)12(17,18)19/h2-4,7,20H,5-6H2,1H3. The molecule has 1 nitrogen and oxygen atoms in total. The van der Waals surface area contributed by atoms with Gasteiger partial charge in [-0.25, -0.2) is 4.39 Å². The molecule has 1 aromatic carbocycles. The molecule has 20 heavy (non-hydrogen) atoms. The Hall–Kier alpha value is -1.31. The fourth-order valence-electron chi connectivity index (χ4n) is 1.67. The quantitative estimate of drug-likeness (QED) is 0.819. The number of benzene rings is 1. The second kappa shape index (κ2) is 5.99. The molecule has 0 heterocycles. The van der Waals surface area contributed by atoms with Crippen molar-refractivity contribution in [2.75, 3.05) is 0 Å². The van der Waals surface area contributed by atoms with Gasteiger partial charge in [0.1, 0.15) is 5.82 Å². The van der Waals surface area contributed by atoms with Gasteiger partial charge in [0.05, 0.1) is 12.0 Å². The summed E-state index contributed by atoms with van der Waals surface area (Å²) in [5.74, 6) is -1.05. The van der Waals surface area contributed by atoms with Gasteiger partial charge in [-0.05, 0) is 24.6 Å². The molecule has 0 fully saturated rings. The Bertz CT molecular complexity index is 450. The van der Waals surface area contributed by atoms with E-state index in [0.717, 1.165) is 12.1 Å². The van der Waals surface area contributed by atoms with Gasteiger partial charge in [-0.1, -0.05) is 6.07 Å². The van der Waals surface area contributed by atoms with Crippen molar-refractivity contribution < 1.29 is 30.7 Å². The molecule has 0 spiro atoms. The average Bonchev–Trinajstić information content (AvgIpc) is 2.23. The predicted molar refractivity (Wildman–Crippen MR) is 58.4 cm³/mol. The zero-order chi connectivity index (χ0) is 15.6. The molecule has 114 valence electrons. The van der Waals surface area contributed by atoms with E-state index >= 15 is 0 Å². The van der Waals surface area contributed by atoms with Gasteiger partial charge in [-0.3, -0.25) is 0 Å². The Kier molecular flexibility index (Phi) is 5.01. The van der Waals surface area contributed by atoms with E-state index in [-0.39, 0.29) is 5.56 Å². The lowest BCUT2D eigenvalue weighted by atomic mass is 10.1. The van der Waals surface area contributed by atoms with Crippen LogP contribution in [0.2, 0.25) is 0 Å². The van der Waals surface area contributed by atoms with E-state index in [4.69, 9.17) is 0 Å². The lowest BCUT2D eigenvalue weighted by molar-refractivity contribution is -0.141. The predicted octanol–water partition coefficient (Wildman–Crippen LogP) is 4.28. The Balaban J connectivity index is 2.78. The van der Waals surface area contributed by atoms with E-state index in [1.807, 2.05) is 0 Å². The molecule has 0 saturated carbocycles. The van der Waals surface area contributed by atoms with Crippen molar-refractivity contribution in [2.45, 2.75) is 38.3 Å². The maximum absolute atomic E-state index is 12.8. The molecule has 0 aliphatic heterocycles. The third-order valence-corrected chi connectivity index (χ3v) is 2.56. The van der Waals surface area contributed by atoms with Gasteiger partial charge in [0, 0.05) is 12.6 Å². The molecule has 1 atom stereocenters. The number of hydrogen-bond acceptors (Lipinski definition) is 1. The van der Waals surface area contributed by atoms with E-state index in [9.17, 15) is 30.7 Å². The SMILES string of the molecule is CC(CC(F)(F)F)NCc1ccc(F)cc1C(F)(F)F. The summed E-state index contributed by atoms with van der Waals surface area (Å²) in [4.78, 5) is 0. The minimum Gasteiger partial charge on any atom is -0.310 e. The van der Waals surface area contributed by atoms with Gasteiger partial charge in [-0.2, -0.15) is 26.3 Å². The number of halogens is 7. The first-order valence-corrected chi connectivity index (χ1v) is 5.65. The minimum atomic E-state index is -4.76. The van der Waals surface area contributed by atoms with Gasteiger partial charge in [-0.15, -0.1) is 0 Å². The molecule has 0 radical (unpaired) electrons. The van der Waals surface area contributed by atoms with Crippen molar-refractivity contribution in [3.8, 4) is 0 Å². The molecular formula is C12H12F7N. The van der Waals surface area contributed by atoms with Crippen molar-refractivity contribution in [2.24, 2.45) is 0 Å². The lowest BCUT2D eigenvalue weighted by Gasteiger charge is -2.18. The van der Waals surface area contributed by atoms with E-state index in [0.29, 0.717) is 6.07 Å². The van der Waals surface area contributed by atoms with Gasteiger partial charge in [0.15, 0.2) is 0 Å². The van der Waals surface area contributed by atoms with Crippen LogP contribution in [-0.2, 0) is 12.7 Å². The van der Waals surface area contributed by atoms with Crippen molar-refractivity contribution in [1.29, 1.82) is 0 Å². The Labute approximate surface area is 110 Å². The summed E-state index contributed by atoms with van der Waals surface area (Å²) in [5.41, 5.74) is -1.49. The molecule has 1 unspecified atom stereocenters. The third kappa shape index (κ3) is 5.36. The number of nitrogens with one attached hydrogen (secondary N) is 1. The van der Waals surface area contributed by atoms with Crippen LogP contribution in [0.4, 0.5) is 30.7 Å². The molecule has 0 aliphatic rings.